The zero-order chi connectivity index (χ0) is 29.9. The maximum atomic E-state index is 12.7. The highest BCUT2D eigenvalue weighted by molar-refractivity contribution is 5.81. The first kappa shape index (κ1) is 35.2. The van der Waals surface area contributed by atoms with E-state index in [1.54, 1.807) is 21.7 Å². The predicted octanol–water partition coefficient (Wildman–Crippen LogP) is -2.53. The highest BCUT2D eigenvalue weighted by atomic mass is 16.4. The second-order valence-corrected chi connectivity index (χ2v) is 9.87. The summed E-state index contributed by atoms with van der Waals surface area (Å²) in [4.78, 5) is 65.7. The van der Waals surface area contributed by atoms with Crippen molar-refractivity contribution in [1.29, 1.82) is 0 Å². The summed E-state index contributed by atoms with van der Waals surface area (Å²) in [5, 5.41) is 36.6. The third-order valence-corrected chi connectivity index (χ3v) is 6.63. The molecule has 0 aromatic rings. The van der Waals surface area contributed by atoms with E-state index < -0.39 is 17.9 Å². The van der Waals surface area contributed by atoms with Crippen LogP contribution >= 0.6 is 0 Å². The number of nitrogens with zero attached hydrogens (tertiary/aromatic N) is 4. The van der Waals surface area contributed by atoms with Crippen molar-refractivity contribution in [3.8, 4) is 0 Å². The minimum atomic E-state index is -1.01. The summed E-state index contributed by atoms with van der Waals surface area (Å²) in [6.07, 6.45) is 2.10. The van der Waals surface area contributed by atoms with E-state index in [-0.39, 0.29) is 44.0 Å². The number of nitrogens with one attached hydrogen (secondary N) is 3. The maximum absolute atomic E-state index is 12.7. The van der Waals surface area contributed by atoms with Crippen LogP contribution in [0.4, 0.5) is 0 Å². The fourth-order valence-electron chi connectivity index (χ4n) is 4.45. The summed E-state index contributed by atoms with van der Waals surface area (Å²) in [7, 11) is 1.74. The summed E-state index contributed by atoms with van der Waals surface area (Å²) in [5.74, 6) is -3.25. The molecule has 0 radical (unpaired) electrons. The van der Waals surface area contributed by atoms with E-state index in [1.807, 2.05) is 11.8 Å². The molecular formula is C25H47N7O8. The maximum Gasteiger partial charge on any atom is 0.317 e. The molecule has 1 saturated heterocycles. The number of carbonyl (C=O) groups excluding carboxylic acids is 2. The molecule has 1 aliphatic heterocycles. The second kappa shape index (κ2) is 20.1. The molecule has 15 heteroatoms. The highest BCUT2D eigenvalue weighted by Gasteiger charge is 2.21. The van der Waals surface area contributed by atoms with Gasteiger partial charge in [-0.05, 0) is 33.2 Å². The monoisotopic (exact) mass is 573 g/mol. The van der Waals surface area contributed by atoms with Gasteiger partial charge in [0.2, 0.25) is 11.8 Å². The van der Waals surface area contributed by atoms with Gasteiger partial charge in [-0.1, -0.05) is 0 Å². The number of carbonyl (C=O) groups is 5. The Morgan fingerprint density at radius 3 is 1.40 bits per heavy atom. The van der Waals surface area contributed by atoms with E-state index in [0.29, 0.717) is 78.3 Å². The predicted molar refractivity (Wildman–Crippen MR) is 147 cm³/mol. The van der Waals surface area contributed by atoms with Gasteiger partial charge in [-0.25, -0.2) is 0 Å². The average Bonchev–Trinajstić information content (AvgIpc) is 2.86. The summed E-state index contributed by atoms with van der Waals surface area (Å²) in [6, 6.07) is -0.281. The zero-order valence-corrected chi connectivity index (χ0v) is 23.8. The van der Waals surface area contributed by atoms with Crippen molar-refractivity contribution in [1.82, 2.24) is 35.6 Å². The molecule has 15 nitrogen and oxygen atoms in total. The van der Waals surface area contributed by atoms with Gasteiger partial charge in [-0.15, -0.1) is 0 Å². The first-order valence-electron chi connectivity index (χ1n) is 13.8. The molecule has 6 N–H and O–H groups in total. The molecule has 1 heterocycles. The Bertz CT molecular complexity index is 784. The molecule has 0 saturated carbocycles. The Labute approximate surface area is 235 Å². The summed E-state index contributed by atoms with van der Waals surface area (Å²) >= 11 is 0. The Hall–Kier alpha value is -2.85. The molecule has 0 spiro atoms. The third kappa shape index (κ3) is 16.3. The molecule has 0 bridgehead atoms. The van der Waals surface area contributed by atoms with Crippen molar-refractivity contribution >= 4 is 29.7 Å². The van der Waals surface area contributed by atoms with Crippen LogP contribution in [0, 0.1) is 0 Å². The van der Waals surface area contributed by atoms with Gasteiger partial charge in [-0.3, -0.25) is 43.6 Å². The number of aliphatic carboxylic acids is 3. The largest absolute Gasteiger partial charge is 0.480 e. The van der Waals surface area contributed by atoms with E-state index in [4.69, 9.17) is 0 Å². The van der Waals surface area contributed by atoms with Crippen LogP contribution in [0.3, 0.4) is 0 Å². The van der Waals surface area contributed by atoms with Crippen LogP contribution in [0.25, 0.3) is 0 Å². The number of rotatable bonds is 16. The van der Waals surface area contributed by atoms with Gasteiger partial charge in [-0.2, -0.15) is 0 Å². The van der Waals surface area contributed by atoms with E-state index >= 15 is 0 Å². The Morgan fingerprint density at radius 1 is 0.650 bits per heavy atom. The van der Waals surface area contributed by atoms with Crippen LogP contribution in [0.2, 0.25) is 0 Å². The third-order valence-electron chi connectivity index (χ3n) is 6.63. The molecule has 0 aliphatic carbocycles. The second-order valence-electron chi connectivity index (χ2n) is 9.87. The number of hydrogen-bond acceptors (Lipinski definition) is 10. The minimum Gasteiger partial charge on any atom is -0.480 e. The minimum absolute atomic E-state index is 0.0483. The van der Waals surface area contributed by atoms with Gasteiger partial charge in [0.1, 0.15) is 0 Å². The Kier molecular flexibility index (Phi) is 17.7. The molecule has 230 valence electrons. The Balaban J connectivity index is 2.73. The molecule has 1 fully saturated rings. The van der Waals surface area contributed by atoms with E-state index in [9.17, 15) is 39.3 Å². The van der Waals surface area contributed by atoms with E-state index in [1.165, 1.54) is 0 Å². The quantitative estimate of drug-likeness (QED) is 0.106. The van der Waals surface area contributed by atoms with Crippen molar-refractivity contribution < 1.29 is 39.3 Å². The number of likely N-dealkylation sites (N-methyl/N-ethyl adjacent to an activating group) is 2. The number of amides is 2. The molecule has 1 aliphatic rings. The molecule has 1 atom stereocenters. The lowest BCUT2D eigenvalue weighted by molar-refractivity contribution is -0.140. The molecule has 0 unspecified atom stereocenters. The fourth-order valence-corrected chi connectivity index (χ4v) is 4.45. The van der Waals surface area contributed by atoms with Crippen LogP contribution in [-0.2, 0) is 24.0 Å². The molecule has 0 aromatic carbocycles. The van der Waals surface area contributed by atoms with Crippen molar-refractivity contribution in [2.24, 2.45) is 0 Å². The highest BCUT2D eigenvalue weighted by Crippen LogP contribution is 2.03. The van der Waals surface area contributed by atoms with Gasteiger partial charge < -0.3 is 31.3 Å². The number of carboxylic acid groups (broad SMARTS) is 3. The van der Waals surface area contributed by atoms with Crippen molar-refractivity contribution in [3.05, 3.63) is 0 Å². The van der Waals surface area contributed by atoms with Gasteiger partial charge in [0.25, 0.3) is 0 Å². The van der Waals surface area contributed by atoms with E-state index in [2.05, 4.69) is 16.0 Å². The molecule has 40 heavy (non-hydrogen) atoms. The van der Waals surface area contributed by atoms with Crippen LogP contribution in [-0.4, -0.2) is 169 Å². The lowest BCUT2D eigenvalue weighted by Gasteiger charge is -2.32. The summed E-state index contributed by atoms with van der Waals surface area (Å²) in [6.45, 7) is 5.05. The number of hydrogen-bond donors (Lipinski definition) is 6. The fraction of sp³-hybridized carbons (Fsp3) is 0.800. The van der Waals surface area contributed by atoms with Crippen LogP contribution in [0.1, 0.15) is 26.2 Å². The van der Waals surface area contributed by atoms with Crippen molar-refractivity contribution in [3.63, 3.8) is 0 Å². The van der Waals surface area contributed by atoms with Crippen LogP contribution in [0.5, 0.6) is 0 Å². The Morgan fingerprint density at radius 2 is 1.05 bits per heavy atom. The van der Waals surface area contributed by atoms with Crippen LogP contribution < -0.4 is 16.0 Å². The molecule has 1 rings (SSSR count). The van der Waals surface area contributed by atoms with Gasteiger partial charge in [0.05, 0.1) is 32.2 Å². The van der Waals surface area contributed by atoms with Crippen molar-refractivity contribution in [2.75, 3.05) is 98.7 Å². The van der Waals surface area contributed by atoms with Gasteiger partial charge in [0.15, 0.2) is 0 Å². The lowest BCUT2D eigenvalue weighted by atomic mass is 10.1. The number of unbranched alkanes of at least 4 members (excludes halogenated alkanes) is 1. The molecule has 0 aromatic heterocycles. The molecule has 2 amide bonds. The standard InChI is InChI=1S/C25H47N7O8/c1-3-27-25(40)20(26-2)6-4-5-7-28-21(33)16-29-8-10-30(17-22(34)35)12-14-32(19-24(38)39)15-13-31(11-9-29)18-23(36)37/h20,26H,3-19H2,1-2H3,(H,27,40)(H,28,33)(H,34,35)(H,36,37)(H,38,39)/t20-/m0/s1. The van der Waals surface area contributed by atoms with Gasteiger partial charge in [0, 0.05) is 65.4 Å². The lowest BCUT2D eigenvalue weighted by Crippen LogP contribution is -2.49. The SMILES string of the molecule is CCNC(=O)[C@H](CCCCNC(=O)CN1CCN(CC(=O)O)CCN(CC(=O)O)CCN(CC(=O)O)CC1)NC. The normalized spacial score (nSPS) is 17.8. The first-order chi connectivity index (χ1) is 19.0. The number of carboxylic acids is 3. The zero-order valence-electron chi connectivity index (χ0n) is 23.8. The van der Waals surface area contributed by atoms with Crippen molar-refractivity contribution in [2.45, 2.75) is 32.2 Å². The topological polar surface area (TPSA) is 195 Å². The van der Waals surface area contributed by atoms with E-state index in [0.717, 1.165) is 6.42 Å². The summed E-state index contributed by atoms with van der Waals surface area (Å²) < 4.78 is 0. The van der Waals surface area contributed by atoms with Gasteiger partial charge >= 0.3 is 17.9 Å². The molecular weight excluding hydrogens is 526 g/mol. The smallest absolute Gasteiger partial charge is 0.317 e. The summed E-state index contributed by atoms with van der Waals surface area (Å²) in [5.41, 5.74) is 0. The first-order valence-corrected chi connectivity index (χ1v) is 13.8. The van der Waals surface area contributed by atoms with Crippen LogP contribution in [0.15, 0.2) is 0 Å². The average molecular weight is 574 g/mol.